The highest BCUT2D eigenvalue weighted by Crippen LogP contribution is 2.40. The summed E-state index contributed by atoms with van der Waals surface area (Å²) < 4.78 is -0.0779. The lowest BCUT2D eigenvalue weighted by Crippen LogP contribution is -2.49. The average Bonchev–Trinajstić information content (AvgIpc) is 2.66. The number of hydrogen-bond acceptors (Lipinski definition) is 2. The van der Waals surface area contributed by atoms with Crippen LogP contribution in [0.5, 0.6) is 0 Å². The van der Waals surface area contributed by atoms with E-state index >= 15 is 0 Å². The predicted octanol–water partition coefficient (Wildman–Crippen LogP) is 1.28. The number of hydroxylamine groups is 2. The maximum atomic E-state index is 13.1. The normalized spacial score (nSPS) is 23.0. The van der Waals surface area contributed by atoms with Crippen LogP contribution in [0.4, 0.5) is 11.4 Å². The van der Waals surface area contributed by atoms with Gasteiger partial charge < -0.3 is 10.4 Å². The van der Waals surface area contributed by atoms with Crippen molar-refractivity contribution in [1.29, 1.82) is 0 Å². The lowest BCUT2D eigenvalue weighted by Gasteiger charge is -2.30. The van der Waals surface area contributed by atoms with E-state index in [1.807, 2.05) is 24.3 Å². The van der Waals surface area contributed by atoms with E-state index in [0.29, 0.717) is 11.4 Å². The minimum atomic E-state index is -0.809. The summed E-state index contributed by atoms with van der Waals surface area (Å²) in [4.78, 5) is 0. The average molecular weight is 250 g/mol. The van der Waals surface area contributed by atoms with E-state index in [1.165, 1.54) is 0 Å². The SMILES string of the molecule is [O-][N+]1=C2C=c3ccccc3=C[N+]2([O-])c2ccccc21. The van der Waals surface area contributed by atoms with Crippen molar-refractivity contribution in [3.8, 4) is 0 Å². The van der Waals surface area contributed by atoms with E-state index in [9.17, 15) is 10.4 Å². The van der Waals surface area contributed by atoms with Crippen LogP contribution in [0.15, 0.2) is 48.5 Å². The molecule has 0 aliphatic carbocycles. The number of hydrogen-bond donors (Lipinski definition) is 0. The smallest absolute Gasteiger partial charge is 0.391 e. The van der Waals surface area contributed by atoms with Gasteiger partial charge in [0.05, 0.1) is 6.08 Å². The summed E-state index contributed by atoms with van der Waals surface area (Å²) in [5.41, 5.74) is 0.894. The largest absolute Gasteiger partial charge is 0.614 e. The Morgan fingerprint density at radius 1 is 0.895 bits per heavy atom. The fraction of sp³-hybridized carbons (Fsp3) is 0. The molecule has 2 heterocycles. The highest BCUT2D eigenvalue weighted by atomic mass is 16.6. The lowest BCUT2D eigenvalue weighted by atomic mass is 10.1. The van der Waals surface area contributed by atoms with Gasteiger partial charge in [-0.3, -0.25) is 0 Å². The second kappa shape index (κ2) is 3.32. The number of benzene rings is 2. The van der Waals surface area contributed by atoms with E-state index in [4.69, 9.17) is 0 Å². The third kappa shape index (κ3) is 1.22. The molecule has 0 bridgehead atoms. The number of para-hydroxylation sites is 2. The second-order valence-electron chi connectivity index (χ2n) is 4.70. The molecule has 19 heavy (non-hydrogen) atoms. The molecule has 2 aliphatic heterocycles. The Morgan fingerprint density at radius 3 is 2.42 bits per heavy atom. The summed E-state index contributed by atoms with van der Waals surface area (Å²) in [6, 6.07) is 14.5. The molecule has 0 fully saturated rings. The van der Waals surface area contributed by atoms with Crippen LogP contribution in [-0.2, 0) is 0 Å². The molecule has 0 amide bonds. The van der Waals surface area contributed by atoms with Crippen molar-refractivity contribution < 1.29 is 4.74 Å². The van der Waals surface area contributed by atoms with Crippen LogP contribution in [0.1, 0.15) is 0 Å². The first-order chi connectivity index (χ1) is 9.20. The molecular formula is C15H10N2O2. The van der Waals surface area contributed by atoms with E-state index in [-0.39, 0.29) is 5.84 Å². The molecule has 0 spiro atoms. The highest BCUT2D eigenvalue weighted by Gasteiger charge is 2.44. The molecule has 4 heteroatoms. The Labute approximate surface area is 109 Å². The van der Waals surface area contributed by atoms with Crippen molar-refractivity contribution >= 4 is 29.5 Å². The Morgan fingerprint density at radius 2 is 1.58 bits per heavy atom. The molecule has 2 aromatic carbocycles. The first-order valence-electron chi connectivity index (χ1n) is 6.04. The summed E-state index contributed by atoms with van der Waals surface area (Å²) in [5, 5.41) is 27.1. The third-order valence-corrected chi connectivity index (χ3v) is 3.61. The van der Waals surface area contributed by atoms with Crippen LogP contribution >= 0.6 is 0 Å². The van der Waals surface area contributed by atoms with Crippen LogP contribution in [-0.4, -0.2) is 10.6 Å². The zero-order chi connectivity index (χ0) is 13.0. The van der Waals surface area contributed by atoms with Gasteiger partial charge in [-0.15, -0.1) is 4.74 Å². The minimum absolute atomic E-state index is 0.194. The van der Waals surface area contributed by atoms with Gasteiger partial charge in [-0.05, 0) is 11.3 Å². The Balaban J connectivity index is 2.16. The van der Waals surface area contributed by atoms with Crippen LogP contribution in [0, 0.1) is 10.4 Å². The molecule has 92 valence electrons. The van der Waals surface area contributed by atoms with E-state index in [0.717, 1.165) is 15.2 Å². The van der Waals surface area contributed by atoms with E-state index < -0.39 is 4.65 Å². The number of fused-ring (bicyclic) bond motifs is 4. The fourth-order valence-electron chi connectivity index (χ4n) is 2.68. The molecule has 1 atom stereocenters. The van der Waals surface area contributed by atoms with Gasteiger partial charge in [-0.1, -0.05) is 30.3 Å². The Hall–Kier alpha value is -2.43. The van der Waals surface area contributed by atoms with E-state index in [1.54, 1.807) is 36.5 Å². The van der Waals surface area contributed by atoms with Crippen LogP contribution < -0.4 is 15.1 Å². The highest BCUT2D eigenvalue weighted by molar-refractivity contribution is 6.18. The number of quaternary nitrogens is 1. The zero-order valence-electron chi connectivity index (χ0n) is 9.98. The molecule has 0 N–H and O–H groups in total. The van der Waals surface area contributed by atoms with Gasteiger partial charge in [-0.2, -0.15) is 0 Å². The first-order valence-corrected chi connectivity index (χ1v) is 6.04. The molecule has 0 saturated heterocycles. The molecule has 2 aliphatic rings. The summed E-state index contributed by atoms with van der Waals surface area (Å²) in [5.74, 6) is 0.194. The summed E-state index contributed by atoms with van der Waals surface area (Å²) >= 11 is 0. The van der Waals surface area contributed by atoms with Crippen molar-refractivity contribution in [1.82, 2.24) is 4.65 Å². The number of nitrogens with zero attached hydrogens (tertiary/aromatic N) is 2. The van der Waals surface area contributed by atoms with Gasteiger partial charge in [-0.25, -0.2) is 4.65 Å². The molecule has 4 nitrogen and oxygen atoms in total. The molecule has 1 unspecified atom stereocenters. The third-order valence-electron chi connectivity index (χ3n) is 3.61. The number of rotatable bonds is 0. The van der Waals surface area contributed by atoms with Gasteiger partial charge in [0, 0.05) is 17.4 Å². The van der Waals surface area contributed by atoms with Crippen molar-refractivity contribution in [2.75, 3.05) is 0 Å². The maximum Gasteiger partial charge on any atom is 0.391 e. The maximum absolute atomic E-state index is 13.1. The van der Waals surface area contributed by atoms with Crippen molar-refractivity contribution in [2.45, 2.75) is 0 Å². The zero-order valence-corrected chi connectivity index (χ0v) is 9.98. The standard InChI is InChI=1S/C15H10N2O2/c18-16-13-7-3-4-8-14(13)17(19)10-12-6-2-1-5-11(12)9-15(16)17/h1-10H. The quantitative estimate of drug-likeness (QED) is 0.402. The monoisotopic (exact) mass is 250 g/mol. The molecular weight excluding hydrogens is 240 g/mol. The van der Waals surface area contributed by atoms with Gasteiger partial charge in [0.15, 0.2) is 0 Å². The van der Waals surface area contributed by atoms with Gasteiger partial charge in [0.2, 0.25) is 5.69 Å². The second-order valence-corrected chi connectivity index (χ2v) is 4.70. The fourth-order valence-corrected chi connectivity index (χ4v) is 2.68. The van der Waals surface area contributed by atoms with Gasteiger partial charge in [0.25, 0.3) is 5.69 Å². The molecule has 0 aromatic heterocycles. The predicted molar refractivity (Wildman–Crippen MR) is 74.5 cm³/mol. The Bertz CT molecular complexity index is 854. The minimum Gasteiger partial charge on any atom is -0.614 e. The number of amidine groups is 1. The van der Waals surface area contributed by atoms with Gasteiger partial charge >= 0.3 is 5.84 Å². The topological polar surface area (TPSA) is 49.1 Å². The van der Waals surface area contributed by atoms with Crippen LogP contribution in [0.25, 0.3) is 12.3 Å². The molecule has 4 rings (SSSR count). The molecule has 0 radical (unpaired) electrons. The van der Waals surface area contributed by atoms with Crippen molar-refractivity contribution in [3.63, 3.8) is 0 Å². The summed E-state index contributed by atoms with van der Waals surface area (Å²) in [6.45, 7) is 0. The van der Waals surface area contributed by atoms with Gasteiger partial charge in [0.1, 0.15) is 6.20 Å². The summed E-state index contributed by atoms with van der Waals surface area (Å²) in [7, 11) is 0. The lowest BCUT2D eigenvalue weighted by molar-refractivity contribution is -0.356. The van der Waals surface area contributed by atoms with Crippen LogP contribution in [0.3, 0.4) is 0 Å². The first kappa shape index (κ1) is 10.5. The molecule has 0 saturated carbocycles. The van der Waals surface area contributed by atoms with Crippen molar-refractivity contribution in [2.24, 2.45) is 0 Å². The van der Waals surface area contributed by atoms with Crippen LogP contribution in [0.2, 0.25) is 0 Å². The Kier molecular flexibility index (Phi) is 1.83. The molecule has 2 aromatic rings. The van der Waals surface area contributed by atoms with Crippen molar-refractivity contribution in [3.05, 3.63) is 69.4 Å². The van der Waals surface area contributed by atoms with E-state index in [2.05, 4.69) is 0 Å². The summed E-state index contributed by atoms with van der Waals surface area (Å²) in [6.07, 6.45) is 3.26.